The highest BCUT2D eigenvalue weighted by atomic mass is 35.5. The Morgan fingerprint density at radius 1 is 1.12 bits per heavy atom. The molecule has 3 aliphatic carbocycles. The van der Waals surface area contributed by atoms with E-state index in [1.165, 1.54) is 32.0 Å². The maximum atomic E-state index is 13.7. The number of fused-ring (bicyclic) bond motifs is 3. The SMILES string of the molecule is CN(C)[C@@H]1C(=O)C(C(N)=O)=C(O)[C@]2(O)C(=O)[C@@H]3C(=O)c4c(O)ccc(Cl)c4[C@](C)(O)[C@H]3C[C@H]12. The number of ketones is 3. The molecule has 1 amide bonds. The van der Waals surface area contributed by atoms with Crippen LogP contribution >= 0.6 is 11.6 Å². The summed E-state index contributed by atoms with van der Waals surface area (Å²) in [6, 6.07) is 1.19. The number of nitrogens with zero attached hydrogens (tertiary/aromatic N) is 1. The lowest BCUT2D eigenvalue weighted by molar-refractivity contribution is -0.174. The van der Waals surface area contributed by atoms with Crippen molar-refractivity contribution in [3.05, 3.63) is 39.6 Å². The molecule has 6 N–H and O–H groups in total. The van der Waals surface area contributed by atoms with Crippen LogP contribution in [-0.2, 0) is 20.0 Å². The first kappa shape index (κ1) is 23.4. The maximum absolute atomic E-state index is 13.7. The largest absolute Gasteiger partial charge is 0.508 e. The summed E-state index contributed by atoms with van der Waals surface area (Å²) in [4.78, 5) is 53.5. The maximum Gasteiger partial charge on any atom is 0.255 e. The van der Waals surface area contributed by atoms with Crippen LogP contribution < -0.4 is 5.73 Å². The van der Waals surface area contributed by atoms with Crippen molar-refractivity contribution in [3.8, 4) is 5.75 Å². The van der Waals surface area contributed by atoms with Crippen molar-refractivity contribution in [1.29, 1.82) is 0 Å². The van der Waals surface area contributed by atoms with E-state index < -0.39 is 75.3 Å². The van der Waals surface area contributed by atoms with E-state index in [2.05, 4.69) is 0 Å². The zero-order chi connectivity index (χ0) is 24.8. The van der Waals surface area contributed by atoms with E-state index in [4.69, 9.17) is 17.3 Å². The summed E-state index contributed by atoms with van der Waals surface area (Å²) in [5.74, 6) is -10.2. The molecule has 33 heavy (non-hydrogen) atoms. The van der Waals surface area contributed by atoms with Gasteiger partial charge in [0, 0.05) is 22.4 Å². The molecule has 0 spiro atoms. The Balaban J connectivity index is 2.01. The molecule has 1 aromatic carbocycles. The topological polar surface area (TPSA) is 178 Å². The molecule has 1 fully saturated rings. The normalized spacial score (nSPS) is 35.9. The quantitative estimate of drug-likeness (QED) is 0.284. The first-order valence-corrected chi connectivity index (χ1v) is 10.6. The molecular formula is C22H23ClN2O8. The van der Waals surface area contributed by atoms with Gasteiger partial charge in [0.15, 0.2) is 23.0 Å². The van der Waals surface area contributed by atoms with E-state index in [0.717, 1.165) is 6.07 Å². The number of hydrogen-bond acceptors (Lipinski definition) is 9. The number of primary amides is 1. The lowest BCUT2D eigenvalue weighted by Crippen LogP contribution is -2.69. The van der Waals surface area contributed by atoms with Crippen LogP contribution in [0.15, 0.2) is 23.5 Å². The minimum absolute atomic E-state index is 0.00415. The van der Waals surface area contributed by atoms with Gasteiger partial charge in [-0.15, -0.1) is 0 Å². The molecule has 10 nitrogen and oxygen atoms in total. The van der Waals surface area contributed by atoms with Gasteiger partial charge in [-0.1, -0.05) is 11.6 Å². The fraction of sp³-hybridized carbons (Fsp3) is 0.455. The van der Waals surface area contributed by atoms with Gasteiger partial charge in [0.25, 0.3) is 5.91 Å². The standard InChI is InChI=1S/C22H23ClN2O8/c1-21(32)7-6-8-15(25(2)3)17(28)13(20(24)31)19(30)22(8,33)18(29)11(7)16(27)12-10(26)5-4-9(23)14(12)21/h4-5,7-8,11,15,26,30,32-33H,6H2,1-3H3,(H2,24,31)/t7-,8+,11-,15-,21+,22+/m0/s1. The monoisotopic (exact) mass is 478 g/mol. The van der Waals surface area contributed by atoms with Gasteiger partial charge in [-0.3, -0.25) is 24.1 Å². The number of amides is 1. The van der Waals surface area contributed by atoms with Crippen molar-refractivity contribution in [3.63, 3.8) is 0 Å². The minimum atomic E-state index is -2.79. The highest BCUT2D eigenvalue weighted by Gasteiger charge is 2.69. The van der Waals surface area contributed by atoms with Crippen LogP contribution in [-0.4, -0.2) is 74.3 Å². The van der Waals surface area contributed by atoms with Crippen molar-refractivity contribution in [2.24, 2.45) is 23.5 Å². The summed E-state index contributed by atoms with van der Waals surface area (Å²) in [5.41, 5.74) is -0.772. The molecule has 1 saturated carbocycles. The fourth-order valence-corrected chi connectivity index (χ4v) is 6.16. The number of benzene rings is 1. The first-order valence-electron chi connectivity index (χ1n) is 10.2. The average Bonchev–Trinajstić information content (AvgIpc) is 2.69. The van der Waals surface area contributed by atoms with Crippen molar-refractivity contribution >= 4 is 34.9 Å². The second kappa shape index (κ2) is 7.10. The molecule has 0 aliphatic heterocycles. The Kier molecular flexibility index (Phi) is 5.03. The van der Waals surface area contributed by atoms with E-state index in [9.17, 15) is 39.6 Å². The molecule has 3 aliphatic rings. The molecule has 0 bridgehead atoms. The van der Waals surface area contributed by atoms with E-state index in [1.54, 1.807) is 0 Å². The number of Topliss-reactive ketones (excluding diaryl/α,β-unsaturated/α-hetero) is 3. The van der Waals surface area contributed by atoms with Crippen LogP contribution in [0.5, 0.6) is 5.75 Å². The lowest BCUT2D eigenvalue weighted by Gasteiger charge is -2.54. The lowest BCUT2D eigenvalue weighted by atomic mass is 9.51. The molecule has 1 aromatic rings. The Labute approximate surface area is 193 Å². The van der Waals surface area contributed by atoms with Gasteiger partial charge in [-0.25, -0.2) is 0 Å². The van der Waals surface area contributed by atoms with Gasteiger partial charge in [0.1, 0.15) is 17.1 Å². The Bertz CT molecular complexity index is 1170. The van der Waals surface area contributed by atoms with Crippen molar-refractivity contribution in [2.75, 3.05) is 14.1 Å². The number of aliphatic hydroxyl groups excluding tert-OH is 1. The number of aliphatic hydroxyl groups is 3. The van der Waals surface area contributed by atoms with Gasteiger partial charge in [0.05, 0.1) is 23.1 Å². The average molecular weight is 479 g/mol. The first-order chi connectivity index (χ1) is 15.2. The molecule has 176 valence electrons. The van der Waals surface area contributed by atoms with E-state index >= 15 is 0 Å². The number of carbonyl (C=O) groups is 4. The smallest absolute Gasteiger partial charge is 0.255 e. The second-order valence-electron chi connectivity index (χ2n) is 9.25. The third kappa shape index (κ3) is 2.78. The number of phenolic OH excluding ortho intramolecular Hbond substituents is 1. The predicted molar refractivity (Wildman–Crippen MR) is 113 cm³/mol. The van der Waals surface area contributed by atoms with Gasteiger partial charge in [-0.2, -0.15) is 0 Å². The predicted octanol–water partition coefficient (Wildman–Crippen LogP) is -0.188. The molecule has 11 heteroatoms. The summed E-state index contributed by atoms with van der Waals surface area (Å²) in [5, 5.41) is 44.1. The molecule has 0 saturated heterocycles. The van der Waals surface area contributed by atoms with Crippen molar-refractivity contribution in [2.45, 2.75) is 30.6 Å². The van der Waals surface area contributed by atoms with E-state index in [1.807, 2.05) is 0 Å². The zero-order valence-corrected chi connectivity index (χ0v) is 18.8. The molecule has 0 heterocycles. The second-order valence-corrected chi connectivity index (χ2v) is 9.65. The molecule has 6 atom stereocenters. The molecule has 4 rings (SSSR count). The summed E-state index contributed by atoms with van der Waals surface area (Å²) < 4.78 is 0. The van der Waals surface area contributed by atoms with Crippen LogP contribution in [0, 0.1) is 17.8 Å². The third-order valence-electron chi connectivity index (χ3n) is 7.29. The number of likely N-dealkylation sites (N-methyl/N-ethyl adjacent to an activating group) is 1. The van der Waals surface area contributed by atoms with Gasteiger partial charge in [-0.05, 0) is 39.6 Å². The van der Waals surface area contributed by atoms with Crippen LogP contribution in [0.4, 0.5) is 0 Å². The molecule has 0 unspecified atom stereocenters. The summed E-state index contributed by atoms with van der Waals surface area (Å²) >= 11 is 6.26. The fourth-order valence-electron chi connectivity index (χ4n) is 5.81. The van der Waals surface area contributed by atoms with Crippen molar-refractivity contribution < 1.29 is 39.6 Å². The molecular weight excluding hydrogens is 456 g/mol. The van der Waals surface area contributed by atoms with Crippen LogP contribution in [0.2, 0.25) is 5.02 Å². The molecule has 0 radical (unpaired) electrons. The van der Waals surface area contributed by atoms with Gasteiger partial charge >= 0.3 is 0 Å². The number of aromatic hydroxyl groups is 1. The number of phenols is 1. The third-order valence-corrected chi connectivity index (χ3v) is 7.61. The van der Waals surface area contributed by atoms with E-state index in [0.29, 0.717) is 0 Å². The number of nitrogens with two attached hydrogens (primary N) is 1. The number of carbonyl (C=O) groups excluding carboxylic acids is 4. The highest BCUT2D eigenvalue weighted by Crippen LogP contribution is 2.57. The Hall–Kier alpha value is -2.79. The Morgan fingerprint density at radius 3 is 2.27 bits per heavy atom. The zero-order valence-electron chi connectivity index (χ0n) is 18.0. The number of rotatable bonds is 2. The molecule has 0 aromatic heterocycles. The highest BCUT2D eigenvalue weighted by molar-refractivity contribution is 6.33. The summed E-state index contributed by atoms with van der Waals surface area (Å²) in [6.07, 6.45) is -0.262. The minimum Gasteiger partial charge on any atom is -0.508 e. The van der Waals surface area contributed by atoms with Crippen LogP contribution in [0.1, 0.15) is 29.3 Å². The van der Waals surface area contributed by atoms with E-state index in [-0.39, 0.29) is 22.6 Å². The summed E-state index contributed by atoms with van der Waals surface area (Å²) in [6.45, 7) is 1.33. The Morgan fingerprint density at radius 2 is 1.73 bits per heavy atom. The van der Waals surface area contributed by atoms with Gasteiger partial charge < -0.3 is 26.2 Å². The number of halogens is 1. The summed E-state index contributed by atoms with van der Waals surface area (Å²) in [7, 11) is 2.96. The number of hydrogen-bond donors (Lipinski definition) is 5. The van der Waals surface area contributed by atoms with Crippen LogP contribution in [0.3, 0.4) is 0 Å². The van der Waals surface area contributed by atoms with Gasteiger partial charge in [0.2, 0.25) is 0 Å². The van der Waals surface area contributed by atoms with Crippen LogP contribution in [0.25, 0.3) is 0 Å². The van der Waals surface area contributed by atoms with Crippen molar-refractivity contribution in [1.82, 2.24) is 4.90 Å².